The first-order valence-electron chi connectivity index (χ1n) is 6.88. The van der Waals surface area contributed by atoms with E-state index in [2.05, 4.69) is 10.3 Å². The summed E-state index contributed by atoms with van der Waals surface area (Å²) in [6.45, 7) is 0. The van der Waals surface area contributed by atoms with Gasteiger partial charge >= 0.3 is 0 Å². The lowest BCUT2D eigenvalue weighted by Crippen LogP contribution is -2.13. The standard InChI is InChI=1S/C16H15N3O3S/c1-19-9-8-12-13(4-3-5-14(12)19)18-16(20)11-6-7-15(17-10-11)23(2,21)22/h3-10H,1-2H3,(H,18,20). The number of rotatable bonds is 3. The van der Waals surface area contributed by atoms with Crippen LogP contribution in [0.15, 0.2) is 53.8 Å². The van der Waals surface area contributed by atoms with Crippen LogP contribution in [0.4, 0.5) is 5.69 Å². The molecule has 7 heteroatoms. The predicted molar refractivity (Wildman–Crippen MR) is 88.2 cm³/mol. The molecule has 118 valence electrons. The summed E-state index contributed by atoms with van der Waals surface area (Å²) in [6, 6.07) is 10.3. The molecule has 0 saturated carbocycles. The van der Waals surface area contributed by atoms with E-state index in [0.717, 1.165) is 17.2 Å². The molecule has 1 N–H and O–H groups in total. The fraction of sp³-hybridized carbons (Fsp3) is 0.125. The number of fused-ring (bicyclic) bond motifs is 1. The molecular weight excluding hydrogens is 314 g/mol. The van der Waals surface area contributed by atoms with Gasteiger partial charge < -0.3 is 9.88 Å². The number of anilines is 1. The van der Waals surface area contributed by atoms with E-state index >= 15 is 0 Å². The summed E-state index contributed by atoms with van der Waals surface area (Å²) >= 11 is 0. The van der Waals surface area contributed by atoms with E-state index in [0.29, 0.717) is 11.3 Å². The number of sulfone groups is 1. The molecule has 2 aromatic heterocycles. The third kappa shape index (κ3) is 2.95. The van der Waals surface area contributed by atoms with Crippen molar-refractivity contribution in [3.63, 3.8) is 0 Å². The molecule has 1 aromatic carbocycles. The van der Waals surface area contributed by atoms with Crippen LogP contribution in [-0.2, 0) is 16.9 Å². The molecule has 6 nitrogen and oxygen atoms in total. The van der Waals surface area contributed by atoms with Crippen molar-refractivity contribution in [2.45, 2.75) is 5.03 Å². The van der Waals surface area contributed by atoms with Crippen molar-refractivity contribution >= 4 is 32.3 Å². The van der Waals surface area contributed by atoms with E-state index in [4.69, 9.17) is 0 Å². The van der Waals surface area contributed by atoms with Crippen molar-refractivity contribution in [1.29, 1.82) is 0 Å². The van der Waals surface area contributed by atoms with E-state index in [1.807, 2.05) is 42.1 Å². The van der Waals surface area contributed by atoms with E-state index < -0.39 is 9.84 Å². The van der Waals surface area contributed by atoms with E-state index in [9.17, 15) is 13.2 Å². The number of carbonyl (C=O) groups excluding carboxylic acids is 1. The molecule has 0 radical (unpaired) electrons. The molecular formula is C16H15N3O3S. The third-order valence-electron chi connectivity index (χ3n) is 3.55. The number of nitrogens with zero attached hydrogens (tertiary/aromatic N) is 2. The van der Waals surface area contributed by atoms with Crippen LogP contribution in [0.3, 0.4) is 0 Å². The van der Waals surface area contributed by atoms with E-state index in [-0.39, 0.29) is 10.9 Å². The van der Waals surface area contributed by atoms with Crippen molar-refractivity contribution < 1.29 is 13.2 Å². The highest BCUT2D eigenvalue weighted by Gasteiger charge is 2.13. The van der Waals surface area contributed by atoms with Gasteiger partial charge in [-0.25, -0.2) is 13.4 Å². The van der Waals surface area contributed by atoms with Crippen LogP contribution < -0.4 is 5.32 Å². The Kier molecular flexibility index (Phi) is 3.65. The highest BCUT2D eigenvalue weighted by Crippen LogP contribution is 2.24. The molecule has 0 atom stereocenters. The normalized spacial score (nSPS) is 11.6. The van der Waals surface area contributed by atoms with Crippen molar-refractivity contribution in [1.82, 2.24) is 9.55 Å². The summed E-state index contributed by atoms with van der Waals surface area (Å²) < 4.78 is 24.7. The minimum atomic E-state index is -3.38. The van der Waals surface area contributed by atoms with Gasteiger partial charge in [0, 0.05) is 36.6 Å². The maximum atomic E-state index is 12.3. The van der Waals surface area contributed by atoms with Crippen molar-refractivity contribution in [3.05, 3.63) is 54.4 Å². The number of hydrogen-bond acceptors (Lipinski definition) is 4. The number of amides is 1. The SMILES string of the molecule is Cn1ccc2c(NC(=O)c3ccc(S(C)(=O)=O)nc3)cccc21. The van der Waals surface area contributed by atoms with Crippen LogP contribution in [0, 0.1) is 0 Å². The lowest BCUT2D eigenvalue weighted by atomic mass is 10.2. The van der Waals surface area contributed by atoms with Crippen LogP contribution in [0.5, 0.6) is 0 Å². The monoisotopic (exact) mass is 329 g/mol. The first kappa shape index (κ1) is 15.2. The summed E-state index contributed by atoms with van der Waals surface area (Å²) in [5.41, 5.74) is 2.00. The average Bonchev–Trinajstić information content (AvgIpc) is 2.89. The Balaban J connectivity index is 1.89. The second-order valence-corrected chi connectivity index (χ2v) is 7.24. The highest BCUT2D eigenvalue weighted by atomic mass is 32.2. The summed E-state index contributed by atoms with van der Waals surface area (Å²) in [6.07, 6.45) is 4.25. The molecule has 0 bridgehead atoms. The molecule has 0 unspecified atom stereocenters. The fourth-order valence-electron chi connectivity index (χ4n) is 2.34. The van der Waals surface area contributed by atoms with Crippen LogP contribution in [0.1, 0.15) is 10.4 Å². The zero-order chi connectivity index (χ0) is 16.6. The van der Waals surface area contributed by atoms with E-state index in [1.54, 1.807) is 0 Å². The van der Waals surface area contributed by atoms with E-state index in [1.165, 1.54) is 18.3 Å². The minimum absolute atomic E-state index is 0.0563. The molecule has 0 aliphatic rings. The van der Waals surface area contributed by atoms with Gasteiger partial charge in [-0.15, -0.1) is 0 Å². The van der Waals surface area contributed by atoms with Gasteiger partial charge in [0.25, 0.3) is 5.91 Å². The average molecular weight is 329 g/mol. The first-order chi connectivity index (χ1) is 10.9. The van der Waals surface area contributed by atoms with Crippen LogP contribution in [0.25, 0.3) is 10.9 Å². The lowest BCUT2D eigenvalue weighted by Gasteiger charge is -2.07. The Labute approximate surface area is 133 Å². The molecule has 2 heterocycles. The topological polar surface area (TPSA) is 81.1 Å². The third-order valence-corrected chi connectivity index (χ3v) is 4.56. The quantitative estimate of drug-likeness (QED) is 0.799. The van der Waals surface area contributed by atoms with Crippen LogP contribution >= 0.6 is 0 Å². The minimum Gasteiger partial charge on any atom is -0.350 e. The predicted octanol–water partition coefficient (Wildman–Crippen LogP) is 2.23. The van der Waals surface area contributed by atoms with Crippen molar-refractivity contribution in [3.8, 4) is 0 Å². The van der Waals surface area contributed by atoms with Crippen LogP contribution in [-0.4, -0.2) is 30.1 Å². The summed E-state index contributed by atoms with van der Waals surface area (Å²) in [5, 5.41) is 3.71. The molecule has 0 aliphatic carbocycles. The lowest BCUT2D eigenvalue weighted by molar-refractivity contribution is 0.102. The Hall–Kier alpha value is -2.67. The van der Waals surface area contributed by atoms with Gasteiger partial charge in [0.15, 0.2) is 14.9 Å². The number of hydrogen-bond donors (Lipinski definition) is 1. The number of pyridine rings is 1. The van der Waals surface area contributed by atoms with Gasteiger partial charge in [-0.3, -0.25) is 4.79 Å². The summed E-state index contributed by atoms with van der Waals surface area (Å²) in [7, 11) is -1.44. The zero-order valence-corrected chi connectivity index (χ0v) is 13.5. The number of benzene rings is 1. The smallest absolute Gasteiger partial charge is 0.257 e. The van der Waals surface area contributed by atoms with Gasteiger partial charge in [-0.2, -0.15) is 0 Å². The Morgan fingerprint density at radius 2 is 1.96 bits per heavy atom. The Morgan fingerprint density at radius 1 is 1.17 bits per heavy atom. The second kappa shape index (κ2) is 5.51. The maximum Gasteiger partial charge on any atom is 0.257 e. The van der Waals surface area contributed by atoms with Crippen molar-refractivity contribution in [2.75, 3.05) is 11.6 Å². The number of aromatic nitrogens is 2. The Morgan fingerprint density at radius 3 is 2.61 bits per heavy atom. The molecule has 23 heavy (non-hydrogen) atoms. The maximum absolute atomic E-state index is 12.3. The number of carbonyl (C=O) groups is 1. The van der Waals surface area contributed by atoms with Crippen LogP contribution in [0.2, 0.25) is 0 Å². The molecule has 3 aromatic rings. The Bertz CT molecular complexity index is 989. The molecule has 0 spiro atoms. The van der Waals surface area contributed by atoms with Gasteiger partial charge in [0.05, 0.1) is 11.3 Å². The summed E-state index contributed by atoms with van der Waals surface area (Å²) in [5.74, 6) is -0.339. The molecule has 0 aliphatic heterocycles. The molecule has 1 amide bonds. The molecule has 3 rings (SSSR count). The highest BCUT2D eigenvalue weighted by molar-refractivity contribution is 7.90. The zero-order valence-electron chi connectivity index (χ0n) is 12.6. The van der Waals surface area contributed by atoms with Gasteiger partial charge in [-0.05, 0) is 30.3 Å². The summed E-state index contributed by atoms with van der Waals surface area (Å²) in [4.78, 5) is 16.1. The van der Waals surface area contributed by atoms with Crippen molar-refractivity contribution in [2.24, 2.45) is 7.05 Å². The largest absolute Gasteiger partial charge is 0.350 e. The molecule has 0 fully saturated rings. The van der Waals surface area contributed by atoms with Gasteiger partial charge in [0.1, 0.15) is 0 Å². The first-order valence-corrected chi connectivity index (χ1v) is 8.77. The number of aryl methyl sites for hydroxylation is 1. The fourth-order valence-corrected chi connectivity index (χ4v) is 2.90. The second-order valence-electron chi connectivity index (χ2n) is 5.28. The number of nitrogens with one attached hydrogen (secondary N) is 1. The van der Waals surface area contributed by atoms with Gasteiger partial charge in [0.2, 0.25) is 0 Å². The van der Waals surface area contributed by atoms with Gasteiger partial charge in [-0.1, -0.05) is 6.07 Å². The molecule has 0 saturated heterocycles.